The van der Waals surface area contributed by atoms with Crippen LogP contribution >= 0.6 is 0 Å². The molecule has 2 aliphatic heterocycles. The standard InChI is InChI=1S/C22H23N5O3/c1-14(28)25-12-16-10-17(13-25)21(27-19(16)5-2-6-20(27)29)22(30)23-11-15-4-3-9-26-18(15)7-8-24-26/h2-9,16-17,21H,10-13H2,1H3,(H,23,30)/t16-,17+,21-/m1/s1. The highest BCUT2D eigenvalue weighted by Gasteiger charge is 2.44. The van der Waals surface area contributed by atoms with Gasteiger partial charge in [0.25, 0.3) is 5.56 Å². The van der Waals surface area contributed by atoms with E-state index in [1.54, 1.807) is 33.2 Å². The van der Waals surface area contributed by atoms with Crippen LogP contribution in [0.4, 0.5) is 0 Å². The monoisotopic (exact) mass is 405 g/mol. The molecule has 30 heavy (non-hydrogen) atoms. The van der Waals surface area contributed by atoms with Gasteiger partial charge in [0.2, 0.25) is 11.8 Å². The summed E-state index contributed by atoms with van der Waals surface area (Å²) in [7, 11) is 0. The normalized spacial score (nSPS) is 22.6. The number of carbonyl (C=O) groups is 2. The Bertz CT molecular complexity index is 1200. The Morgan fingerprint density at radius 2 is 2.03 bits per heavy atom. The van der Waals surface area contributed by atoms with E-state index in [9.17, 15) is 14.4 Å². The van der Waals surface area contributed by atoms with Gasteiger partial charge in [0.15, 0.2) is 0 Å². The van der Waals surface area contributed by atoms with Gasteiger partial charge in [-0.25, -0.2) is 4.52 Å². The predicted octanol–water partition coefficient (Wildman–Crippen LogP) is 1.32. The van der Waals surface area contributed by atoms with E-state index in [2.05, 4.69) is 10.4 Å². The van der Waals surface area contributed by atoms with Crippen LogP contribution in [0.3, 0.4) is 0 Å². The van der Waals surface area contributed by atoms with Crippen molar-refractivity contribution < 1.29 is 9.59 Å². The van der Waals surface area contributed by atoms with E-state index in [0.717, 1.165) is 23.2 Å². The third-order valence-corrected chi connectivity index (χ3v) is 6.34. The van der Waals surface area contributed by atoms with E-state index in [4.69, 9.17) is 0 Å². The van der Waals surface area contributed by atoms with Crippen LogP contribution in [-0.2, 0) is 16.1 Å². The summed E-state index contributed by atoms with van der Waals surface area (Å²) in [5, 5.41) is 7.25. The molecular formula is C22H23N5O3. The zero-order valence-corrected chi connectivity index (χ0v) is 16.7. The van der Waals surface area contributed by atoms with Gasteiger partial charge >= 0.3 is 0 Å². The number of nitrogens with zero attached hydrogens (tertiary/aromatic N) is 4. The number of amides is 2. The second-order valence-corrected chi connectivity index (χ2v) is 8.13. The van der Waals surface area contributed by atoms with Gasteiger partial charge in [0, 0.05) is 62.5 Å². The summed E-state index contributed by atoms with van der Waals surface area (Å²) in [5.74, 6) is -0.208. The van der Waals surface area contributed by atoms with Crippen LogP contribution in [0.1, 0.15) is 36.6 Å². The lowest BCUT2D eigenvalue weighted by Crippen LogP contribution is -2.54. The fourth-order valence-electron chi connectivity index (χ4n) is 4.98. The Kier molecular flexibility index (Phi) is 4.42. The average Bonchev–Trinajstić information content (AvgIpc) is 3.22. The van der Waals surface area contributed by atoms with Gasteiger partial charge < -0.3 is 10.2 Å². The molecule has 3 aromatic rings. The minimum absolute atomic E-state index is 0.00277. The molecule has 8 nitrogen and oxygen atoms in total. The zero-order valence-electron chi connectivity index (χ0n) is 16.7. The molecule has 3 atom stereocenters. The Balaban J connectivity index is 1.47. The summed E-state index contributed by atoms with van der Waals surface area (Å²) in [6.07, 6.45) is 4.37. The van der Waals surface area contributed by atoms with Gasteiger partial charge in [-0.05, 0) is 30.2 Å². The molecule has 3 aromatic heterocycles. The fourth-order valence-corrected chi connectivity index (χ4v) is 4.98. The van der Waals surface area contributed by atoms with Gasteiger partial charge in [0.1, 0.15) is 6.04 Å². The molecule has 2 bridgehead atoms. The highest BCUT2D eigenvalue weighted by molar-refractivity contribution is 5.82. The van der Waals surface area contributed by atoms with Gasteiger partial charge in [-0.15, -0.1) is 0 Å². The molecule has 0 radical (unpaired) electrons. The first-order valence-electron chi connectivity index (χ1n) is 10.2. The van der Waals surface area contributed by atoms with E-state index in [-0.39, 0.29) is 29.2 Å². The molecule has 8 heteroatoms. The van der Waals surface area contributed by atoms with Crippen molar-refractivity contribution in [3.8, 4) is 0 Å². The second kappa shape index (κ2) is 7.12. The van der Waals surface area contributed by atoms with Crippen LogP contribution in [-0.4, -0.2) is 44.0 Å². The molecule has 0 aromatic carbocycles. The number of piperidine rings is 1. The van der Waals surface area contributed by atoms with Crippen molar-refractivity contribution in [2.75, 3.05) is 13.1 Å². The van der Waals surface area contributed by atoms with E-state index < -0.39 is 6.04 Å². The molecule has 0 spiro atoms. The first-order chi connectivity index (χ1) is 14.5. The number of nitrogens with one attached hydrogen (secondary N) is 1. The maximum Gasteiger partial charge on any atom is 0.251 e. The lowest BCUT2D eigenvalue weighted by molar-refractivity contribution is -0.135. The van der Waals surface area contributed by atoms with Crippen LogP contribution in [0, 0.1) is 5.92 Å². The van der Waals surface area contributed by atoms with E-state index in [0.29, 0.717) is 19.6 Å². The molecule has 0 saturated carbocycles. The molecule has 1 fully saturated rings. The number of likely N-dealkylation sites (tertiary alicyclic amines) is 1. The van der Waals surface area contributed by atoms with Crippen molar-refractivity contribution in [1.82, 2.24) is 24.4 Å². The number of fused-ring (bicyclic) bond motifs is 5. The third kappa shape index (κ3) is 2.99. The summed E-state index contributed by atoms with van der Waals surface area (Å²) < 4.78 is 3.41. The topological polar surface area (TPSA) is 88.7 Å². The first kappa shape index (κ1) is 18.6. The van der Waals surface area contributed by atoms with Crippen molar-refractivity contribution in [3.63, 3.8) is 0 Å². The molecule has 0 unspecified atom stereocenters. The van der Waals surface area contributed by atoms with Crippen molar-refractivity contribution in [3.05, 3.63) is 70.4 Å². The van der Waals surface area contributed by atoms with Crippen molar-refractivity contribution >= 4 is 17.3 Å². The molecular weight excluding hydrogens is 382 g/mol. The Hall–Kier alpha value is -3.42. The quantitative estimate of drug-likeness (QED) is 0.712. The Morgan fingerprint density at radius 1 is 1.17 bits per heavy atom. The summed E-state index contributed by atoms with van der Waals surface area (Å²) in [5.41, 5.74) is 2.55. The van der Waals surface area contributed by atoms with Crippen LogP contribution in [0.25, 0.3) is 5.52 Å². The summed E-state index contributed by atoms with van der Waals surface area (Å²) in [4.78, 5) is 39.9. The molecule has 2 aliphatic rings. The lowest BCUT2D eigenvalue weighted by Gasteiger charge is -2.46. The third-order valence-electron chi connectivity index (χ3n) is 6.34. The largest absolute Gasteiger partial charge is 0.350 e. The number of carbonyl (C=O) groups excluding carboxylic acids is 2. The van der Waals surface area contributed by atoms with Crippen molar-refractivity contribution in [2.24, 2.45) is 5.92 Å². The van der Waals surface area contributed by atoms with Crippen LogP contribution in [0.2, 0.25) is 0 Å². The van der Waals surface area contributed by atoms with Crippen molar-refractivity contribution in [1.29, 1.82) is 0 Å². The van der Waals surface area contributed by atoms with Gasteiger partial charge in [-0.3, -0.25) is 19.0 Å². The molecule has 0 aliphatic carbocycles. The SMILES string of the molecule is CC(=O)N1C[C@H]2C[C@@H](C1)[C@H](C(=O)NCc1cccn3nccc13)n1c2cccc1=O. The molecule has 1 N–H and O–H groups in total. The fraction of sp³-hybridized carbons (Fsp3) is 0.364. The summed E-state index contributed by atoms with van der Waals surface area (Å²) in [6, 6.07) is 10.2. The number of pyridine rings is 2. The molecule has 1 saturated heterocycles. The second-order valence-electron chi connectivity index (χ2n) is 8.13. The van der Waals surface area contributed by atoms with Gasteiger partial charge in [-0.2, -0.15) is 5.10 Å². The lowest BCUT2D eigenvalue weighted by atomic mass is 9.78. The number of rotatable bonds is 3. The first-order valence-corrected chi connectivity index (χ1v) is 10.2. The van der Waals surface area contributed by atoms with Gasteiger partial charge in [0.05, 0.1) is 5.52 Å². The van der Waals surface area contributed by atoms with Crippen LogP contribution < -0.4 is 10.9 Å². The number of hydrogen-bond donors (Lipinski definition) is 1. The van der Waals surface area contributed by atoms with E-state index >= 15 is 0 Å². The van der Waals surface area contributed by atoms with Crippen molar-refractivity contribution in [2.45, 2.75) is 31.8 Å². The Morgan fingerprint density at radius 3 is 2.87 bits per heavy atom. The number of aromatic nitrogens is 3. The summed E-state index contributed by atoms with van der Waals surface area (Å²) in [6.45, 7) is 2.98. The highest BCUT2D eigenvalue weighted by atomic mass is 16.2. The summed E-state index contributed by atoms with van der Waals surface area (Å²) >= 11 is 0. The van der Waals surface area contributed by atoms with Crippen LogP contribution in [0.5, 0.6) is 0 Å². The zero-order chi connectivity index (χ0) is 20.8. The smallest absolute Gasteiger partial charge is 0.251 e. The minimum Gasteiger partial charge on any atom is -0.350 e. The number of hydrogen-bond acceptors (Lipinski definition) is 4. The maximum atomic E-state index is 13.3. The molecule has 5 heterocycles. The van der Waals surface area contributed by atoms with E-state index in [1.807, 2.05) is 30.5 Å². The molecule has 5 rings (SSSR count). The van der Waals surface area contributed by atoms with Gasteiger partial charge in [-0.1, -0.05) is 12.1 Å². The van der Waals surface area contributed by atoms with Crippen LogP contribution in [0.15, 0.2) is 53.6 Å². The minimum atomic E-state index is -0.628. The average molecular weight is 405 g/mol. The highest BCUT2D eigenvalue weighted by Crippen LogP contribution is 2.41. The predicted molar refractivity (Wildman–Crippen MR) is 110 cm³/mol. The maximum absolute atomic E-state index is 13.3. The molecule has 154 valence electrons. The Labute approximate surface area is 173 Å². The molecule has 2 amide bonds. The van der Waals surface area contributed by atoms with E-state index in [1.165, 1.54) is 6.07 Å².